The molecule has 2 aliphatic rings. The molecular weight excluding hydrogens is 310 g/mol. The molecule has 0 radical (unpaired) electrons. The quantitative estimate of drug-likeness (QED) is 0.844. The van der Waals surface area contributed by atoms with Crippen LogP contribution in [0.1, 0.15) is 18.0 Å². The highest BCUT2D eigenvalue weighted by molar-refractivity contribution is 7.99. The van der Waals surface area contributed by atoms with Crippen LogP contribution in [-0.4, -0.2) is 43.4 Å². The summed E-state index contributed by atoms with van der Waals surface area (Å²) in [5.41, 5.74) is 1.13. The molecule has 3 N–H and O–H groups in total. The second-order valence-corrected chi connectivity index (χ2v) is 8.27. The van der Waals surface area contributed by atoms with Crippen molar-refractivity contribution >= 4 is 27.8 Å². The van der Waals surface area contributed by atoms with E-state index in [1.54, 1.807) is 11.8 Å². The molecule has 1 aromatic rings. The minimum Gasteiger partial charge on any atom is -0.331 e. The fourth-order valence-electron chi connectivity index (χ4n) is 2.54. The van der Waals surface area contributed by atoms with Crippen LogP contribution >= 0.6 is 11.8 Å². The van der Waals surface area contributed by atoms with Gasteiger partial charge >= 0.3 is 6.03 Å². The van der Waals surface area contributed by atoms with Crippen molar-refractivity contribution in [1.82, 2.24) is 10.2 Å². The monoisotopic (exact) mass is 327 g/mol. The van der Waals surface area contributed by atoms with Crippen LogP contribution in [0, 0.1) is 0 Å². The normalized spacial score (nSPS) is 22.3. The van der Waals surface area contributed by atoms with Gasteiger partial charge in [0.05, 0.1) is 6.04 Å². The number of hydrogen-bond acceptors (Lipinski definition) is 4. The van der Waals surface area contributed by atoms with Crippen molar-refractivity contribution in [2.45, 2.75) is 22.6 Å². The Bertz CT molecular complexity index is 656. The summed E-state index contributed by atoms with van der Waals surface area (Å²) in [5, 5.41) is 7.42. The smallest absolute Gasteiger partial charge is 0.317 e. The Morgan fingerprint density at radius 3 is 2.76 bits per heavy atom. The number of benzene rings is 1. The van der Waals surface area contributed by atoms with E-state index < -0.39 is 15.3 Å². The molecule has 2 amide bonds. The minimum absolute atomic E-state index is 0.0107. The number of rotatable bonds is 2. The molecule has 2 aliphatic heterocycles. The molecule has 0 unspecified atom stereocenters. The summed E-state index contributed by atoms with van der Waals surface area (Å²) in [7, 11) is -3.54. The Labute approximate surface area is 128 Å². The van der Waals surface area contributed by atoms with Crippen molar-refractivity contribution in [3.05, 3.63) is 29.8 Å². The number of fused-ring (bicyclic) bond motifs is 1. The maximum Gasteiger partial charge on any atom is 0.317 e. The number of primary sulfonamides is 1. The first-order chi connectivity index (χ1) is 9.95. The molecule has 1 aromatic carbocycles. The summed E-state index contributed by atoms with van der Waals surface area (Å²) < 4.78 is 22.3. The van der Waals surface area contributed by atoms with Gasteiger partial charge in [0.25, 0.3) is 0 Å². The summed E-state index contributed by atoms with van der Waals surface area (Å²) in [4.78, 5) is 14.8. The lowest BCUT2D eigenvalue weighted by Gasteiger charge is -2.38. The SMILES string of the molecule is NS(=O)(=O)C1CN(C(=O)N[C@@H]2CCSc3ccccc32)C1. The fourth-order valence-corrected chi connectivity index (χ4v) is 4.44. The number of nitrogens with zero attached hydrogens (tertiary/aromatic N) is 1. The van der Waals surface area contributed by atoms with Gasteiger partial charge in [0.1, 0.15) is 5.25 Å². The highest BCUT2D eigenvalue weighted by atomic mass is 32.2. The van der Waals surface area contributed by atoms with Crippen molar-refractivity contribution < 1.29 is 13.2 Å². The average Bonchev–Trinajstić information content (AvgIpc) is 2.35. The van der Waals surface area contributed by atoms with Crippen molar-refractivity contribution in [2.24, 2.45) is 5.14 Å². The van der Waals surface area contributed by atoms with E-state index in [4.69, 9.17) is 5.14 Å². The van der Waals surface area contributed by atoms with Crippen LogP contribution in [0.5, 0.6) is 0 Å². The summed E-state index contributed by atoms with van der Waals surface area (Å²) >= 11 is 1.79. The molecule has 6 nitrogen and oxygen atoms in total. The topological polar surface area (TPSA) is 92.5 Å². The zero-order chi connectivity index (χ0) is 15.0. The van der Waals surface area contributed by atoms with Gasteiger partial charge in [-0.15, -0.1) is 11.8 Å². The summed E-state index contributed by atoms with van der Waals surface area (Å²) in [6, 6.07) is 7.80. The van der Waals surface area contributed by atoms with E-state index in [9.17, 15) is 13.2 Å². The molecule has 1 fully saturated rings. The van der Waals surface area contributed by atoms with Gasteiger partial charge in [-0.1, -0.05) is 18.2 Å². The van der Waals surface area contributed by atoms with Gasteiger partial charge in [0.15, 0.2) is 0 Å². The molecule has 0 saturated carbocycles. The molecule has 0 aliphatic carbocycles. The van der Waals surface area contributed by atoms with E-state index in [0.29, 0.717) is 0 Å². The first-order valence-electron chi connectivity index (χ1n) is 6.74. The number of hydrogen-bond donors (Lipinski definition) is 2. The van der Waals surface area contributed by atoms with E-state index in [0.717, 1.165) is 17.7 Å². The van der Waals surface area contributed by atoms with Crippen LogP contribution in [0.4, 0.5) is 4.79 Å². The third-order valence-corrected chi connectivity index (χ3v) is 6.21. The molecule has 3 rings (SSSR count). The van der Waals surface area contributed by atoms with Crippen molar-refractivity contribution in [3.63, 3.8) is 0 Å². The third kappa shape index (κ3) is 3.02. The van der Waals surface area contributed by atoms with Gasteiger partial charge < -0.3 is 10.2 Å². The third-order valence-electron chi connectivity index (χ3n) is 3.86. The number of likely N-dealkylation sites (tertiary alicyclic amines) is 1. The second kappa shape index (κ2) is 5.51. The molecular formula is C13H17N3O3S2. The zero-order valence-corrected chi connectivity index (χ0v) is 13.0. The molecule has 21 heavy (non-hydrogen) atoms. The van der Waals surface area contributed by atoms with Crippen LogP contribution in [0.2, 0.25) is 0 Å². The van der Waals surface area contributed by atoms with E-state index in [-0.39, 0.29) is 25.2 Å². The molecule has 114 valence electrons. The molecule has 1 saturated heterocycles. The zero-order valence-electron chi connectivity index (χ0n) is 11.4. The largest absolute Gasteiger partial charge is 0.331 e. The average molecular weight is 327 g/mol. The fraction of sp³-hybridized carbons (Fsp3) is 0.462. The predicted molar refractivity (Wildman–Crippen MR) is 81.5 cm³/mol. The first kappa shape index (κ1) is 14.7. The Morgan fingerprint density at radius 2 is 2.05 bits per heavy atom. The molecule has 2 heterocycles. The van der Waals surface area contributed by atoms with E-state index in [1.807, 2.05) is 18.2 Å². The minimum atomic E-state index is -3.54. The van der Waals surface area contributed by atoms with Gasteiger partial charge in [-0.25, -0.2) is 18.4 Å². The Hall–Kier alpha value is -1.25. The van der Waals surface area contributed by atoms with Gasteiger partial charge in [-0.2, -0.15) is 0 Å². The van der Waals surface area contributed by atoms with Crippen molar-refractivity contribution in [1.29, 1.82) is 0 Å². The molecule has 0 bridgehead atoms. The number of nitrogens with one attached hydrogen (secondary N) is 1. The number of urea groups is 1. The van der Waals surface area contributed by atoms with Crippen LogP contribution in [0.3, 0.4) is 0 Å². The van der Waals surface area contributed by atoms with Gasteiger partial charge in [-0.3, -0.25) is 0 Å². The molecule has 0 spiro atoms. The number of carbonyl (C=O) groups is 1. The number of carbonyl (C=O) groups excluding carboxylic acids is 1. The first-order valence-corrected chi connectivity index (χ1v) is 9.33. The van der Waals surface area contributed by atoms with Crippen molar-refractivity contribution in [3.8, 4) is 0 Å². The van der Waals surface area contributed by atoms with E-state index >= 15 is 0 Å². The van der Waals surface area contributed by atoms with Crippen LogP contribution in [0.25, 0.3) is 0 Å². The highest BCUT2D eigenvalue weighted by Crippen LogP contribution is 2.36. The van der Waals surface area contributed by atoms with E-state index in [2.05, 4.69) is 11.4 Å². The van der Waals surface area contributed by atoms with Crippen LogP contribution in [0.15, 0.2) is 29.2 Å². The predicted octanol–water partition coefficient (Wildman–Crippen LogP) is 0.906. The van der Waals surface area contributed by atoms with E-state index in [1.165, 1.54) is 9.80 Å². The summed E-state index contributed by atoms with van der Waals surface area (Å²) in [6.45, 7) is 0.349. The Balaban J connectivity index is 1.63. The second-order valence-electron chi connectivity index (χ2n) is 5.29. The molecule has 0 aromatic heterocycles. The number of thioether (sulfide) groups is 1. The number of amides is 2. The Morgan fingerprint density at radius 1 is 1.33 bits per heavy atom. The maximum atomic E-state index is 12.1. The lowest BCUT2D eigenvalue weighted by atomic mass is 10.0. The van der Waals surface area contributed by atoms with Crippen molar-refractivity contribution in [2.75, 3.05) is 18.8 Å². The maximum absolute atomic E-state index is 12.1. The summed E-state index contributed by atoms with van der Waals surface area (Å²) in [5.74, 6) is 0.960. The Kier molecular flexibility index (Phi) is 3.85. The molecule has 8 heteroatoms. The number of sulfonamides is 1. The van der Waals surface area contributed by atoms with Gasteiger partial charge in [0, 0.05) is 23.7 Å². The van der Waals surface area contributed by atoms with Gasteiger partial charge in [0.2, 0.25) is 10.0 Å². The lowest BCUT2D eigenvalue weighted by Crippen LogP contribution is -2.61. The molecule has 1 atom stereocenters. The highest BCUT2D eigenvalue weighted by Gasteiger charge is 2.38. The number of nitrogens with two attached hydrogens (primary N) is 1. The van der Waals surface area contributed by atoms with Crippen LogP contribution in [-0.2, 0) is 10.0 Å². The lowest BCUT2D eigenvalue weighted by molar-refractivity contribution is 0.165. The summed E-state index contributed by atoms with van der Waals surface area (Å²) in [6.07, 6.45) is 0.875. The van der Waals surface area contributed by atoms with Crippen LogP contribution < -0.4 is 10.5 Å². The van der Waals surface area contributed by atoms with Gasteiger partial charge in [-0.05, 0) is 18.1 Å². The standard InChI is InChI=1S/C13H17N3O3S2/c14-21(18,19)9-7-16(8-9)13(17)15-11-5-6-20-12-4-2-1-3-10(11)12/h1-4,9,11H,5-8H2,(H,15,17)(H2,14,18,19)/t11-/m1/s1.